The number of carbonyl (C=O) groups is 1. The Balaban J connectivity index is 1.67. The zero-order valence-corrected chi connectivity index (χ0v) is 15.3. The summed E-state index contributed by atoms with van der Waals surface area (Å²) >= 11 is 3.48. The van der Waals surface area contributed by atoms with E-state index in [1.165, 1.54) is 20.9 Å². The van der Waals surface area contributed by atoms with E-state index in [-0.39, 0.29) is 12.1 Å². The van der Waals surface area contributed by atoms with E-state index in [9.17, 15) is 4.79 Å². The second-order valence-electron chi connectivity index (χ2n) is 6.72. The summed E-state index contributed by atoms with van der Waals surface area (Å²) in [5.41, 5.74) is 3.41. The highest BCUT2D eigenvalue weighted by Gasteiger charge is 2.35. The van der Waals surface area contributed by atoms with Gasteiger partial charge >= 0.3 is 0 Å². The van der Waals surface area contributed by atoms with Gasteiger partial charge < -0.3 is 15.5 Å². The summed E-state index contributed by atoms with van der Waals surface area (Å²) in [6.45, 7) is 8.80. The second kappa shape index (κ2) is 5.61. The average Bonchev–Trinajstić information content (AvgIpc) is 3.09. The predicted molar refractivity (Wildman–Crippen MR) is 95.6 cm³/mol. The molecular weight excluding hydrogens is 326 g/mol. The van der Waals surface area contributed by atoms with Gasteiger partial charge in [-0.25, -0.2) is 0 Å². The second-order valence-corrected chi connectivity index (χ2v) is 8.77. The molecule has 2 aliphatic heterocycles. The smallest absolute Gasteiger partial charge is 0.256 e. The van der Waals surface area contributed by atoms with E-state index in [4.69, 9.17) is 0 Å². The van der Waals surface area contributed by atoms with Crippen LogP contribution in [0, 0.1) is 6.92 Å². The van der Waals surface area contributed by atoms with Crippen molar-refractivity contribution in [1.82, 2.24) is 5.32 Å². The zero-order valence-electron chi connectivity index (χ0n) is 13.7. The van der Waals surface area contributed by atoms with Crippen LogP contribution >= 0.6 is 22.7 Å². The maximum Gasteiger partial charge on any atom is 0.256 e. The average molecular weight is 349 g/mol. The minimum Gasteiger partial charge on any atom is -0.352 e. The SMILES string of the molecule is Cc1ccsc1[C@H]1NC(=O)c2c(sc3c2CC[NH+](C(C)C)C3)N1. The molecule has 2 atom stereocenters. The maximum absolute atomic E-state index is 12.7. The third-order valence-electron chi connectivity index (χ3n) is 4.93. The van der Waals surface area contributed by atoms with Crippen molar-refractivity contribution < 1.29 is 9.69 Å². The number of carbonyl (C=O) groups excluding carboxylic acids is 1. The first-order chi connectivity index (χ1) is 11.0. The monoisotopic (exact) mass is 348 g/mol. The molecular formula is C17H22N3OS2+. The Morgan fingerprint density at radius 1 is 1.35 bits per heavy atom. The molecule has 4 heterocycles. The molecule has 4 nitrogen and oxygen atoms in total. The van der Waals surface area contributed by atoms with Crippen LogP contribution in [0.2, 0.25) is 0 Å². The summed E-state index contributed by atoms with van der Waals surface area (Å²) < 4.78 is 0. The minimum atomic E-state index is -0.0938. The fraction of sp³-hybridized carbons (Fsp3) is 0.471. The summed E-state index contributed by atoms with van der Waals surface area (Å²) in [7, 11) is 0. The Labute approximate surface area is 144 Å². The van der Waals surface area contributed by atoms with Crippen LogP contribution in [0.5, 0.6) is 0 Å². The molecule has 1 amide bonds. The van der Waals surface area contributed by atoms with Gasteiger partial charge in [-0.2, -0.15) is 0 Å². The molecule has 0 aromatic carbocycles. The number of anilines is 1. The van der Waals surface area contributed by atoms with Gasteiger partial charge in [-0.3, -0.25) is 4.79 Å². The van der Waals surface area contributed by atoms with E-state index < -0.39 is 0 Å². The minimum absolute atomic E-state index is 0.0852. The number of hydrogen-bond acceptors (Lipinski definition) is 4. The lowest BCUT2D eigenvalue weighted by molar-refractivity contribution is -0.936. The summed E-state index contributed by atoms with van der Waals surface area (Å²) in [6.07, 6.45) is 0.913. The van der Waals surface area contributed by atoms with E-state index in [0.29, 0.717) is 6.04 Å². The van der Waals surface area contributed by atoms with E-state index in [1.54, 1.807) is 27.6 Å². The van der Waals surface area contributed by atoms with Gasteiger partial charge in [0.2, 0.25) is 0 Å². The van der Waals surface area contributed by atoms with Gasteiger partial charge in [0.15, 0.2) is 0 Å². The van der Waals surface area contributed by atoms with Crippen molar-refractivity contribution in [3.05, 3.63) is 37.9 Å². The highest BCUT2D eigenvalue weighted by molar-refractivity contribution is 7.16. The molecule has 2 aliphatic rings. The lowest BCUT2D eigenvalue weighted by Crippen LogP contribution is -3.14. The molecule has 0 fully saturated rings. The molecule has 1 unspecified atom stereocenters. The number of aryl methyl sites for hydroxylation is 1. The Morgan fingerprint density at radius 2 is 2.17 bits per heavy atom. The lowest BCUT2D eigenvalue weighted by atomic mass is 10.00. The Bertz CT molecular complexity index is 762. The van der Waals surface area contributed by atoms with Gasteiger partial charge in [0.05, 0.1) is 23.0 Å². The fourth-order valence-electron chi connectivity index (χ4n) is 3.52. The van der Waals surface area contributed by atoms with Crippen molar-refractivity contribution >= 4 is 33.6 Å². The molecule has 122 valence electrons. The van der Waals surface area contributed by atoms with Crippen LogP contribution in [-0.2, 0) is 13.0 Å². The largest absolute Gasteiger partial charge is 0.352 e. The third-order valence-corrected chi connectivity index (χ3v) is 7.18. The molecule has 0 saturated carbocycles. The van der Waals surface area contributed by atoms with Gasteiger partial charge in [-0.1, -0.05) is 0 Å². The summed E-state index contributed by atoms with van der Waals surface area (Å²) in [5, 5.41) is 9.84. The summed E-state index contributed by atoms with van der Waals surface area (Å²) in [5.74, 6) is 0.0852. The third kappa shape index (κ3) is 2.49. The summed E-state index contributed by atoms with van der Waals surface area (Å²) in [6, 6.07) is 2.73. The van der Waals surface area contributed by atoms with E-state index >= 15 is 0 Å². The number of fused-ring (bicyclic) bond motifs is 3. The number of hydrogen-bond donors (Lipinski definition) is 3. The van der Waals surface area contributed by atoms with Gasteiger partial charge in [0.1, 0.15) is 17.7 Å². The molecule has 0 radical (unpaired) electrons. The highest BCUT2D eigenvalue weighted by atomic mass is 32.1. The fourth-order valence-corrected chi connectivity index (χ4v) is 5.77. The van der Waals surface area contributed by atoms with E-state index in [0.717, 1.165) is 30.1 Å². The van der Waals surface area contributed by atoms with Crippen molar-refractivity contribution in [2.45, 2.75) is 45.9 Å². The van der Waals surface area contributed by atoms with Crippen molar-refractivity contribution in [3.63, 3.8) is 0 Å². The number of rotatable bonds is 2. The molecule has 0 saturated heterocycles. The normalized spacial score (nSPS) is 23.2. The molecule has 2 aromatic rings. The van der Waals surface area contributed by atoms with Gasteiger partial charge in [0, 0.05) is 11.3 Å². The first-order valence-electron chi connectivity index (χ1n) is 8.15. The van der Waals surface area contributed by atoms with Crippen molar-refractivity contribution in [1.29, 1.82) is 0 Å². The van der Waals surface area contributed by atoms with Crippen LogP contribution in [0.4, 0.5) is 5.00 Å². The van der Waals surface area contributed by atoms with Crippen LogP contribution in [0.3, 0.4) is 0 Å². The topological polar surface area (TPSA) is 45.6 Å². The molecule has 0 aliphatic carbocycles. The molecule has 0 bridgehead atoms. The number of nitrogens with one attached hydrogen (secondary N) is 3. The highest BCUT2D eigenvalue weighted by Crippen LogP contribution is 2.40. The maximum atomic E-state index is 12.7. The Kier molecular flexibility index (Phi) is 3.70. The van der Waals surface area contributed by atoms with Gasteiger partial charge in [-0.05, 0) is 43.3 Å². The first-order valence-corrected chi connectivity index (χ1v) is 9.84. The number of quaternary nitrogens is 1. The first kappa shape index (κ1) is 15.2. The van der Waals surface area contributed by atoms with Crippen LogP contribution in [0.25, 0.3) is 0 Å². The van der Waals surface area contributed by atoms with Crippen molar-refractivity contribution in [2.24, 2.45) is 0 Å². The Hall–Kier alpha value is -1.37. The molecule has 0 spiro atoms. The predicted octanol–water partition coefficient (Wildman–Crippen LogP) is 2.32. The lowest BCUT2D eigenvalue weighted by Gasteiger charge is -2.28. The molecule has 23 heavy (non-hydrogen) atoms. The van der Waals surface area contributed by atoms with Gasteiger partial charge in [0.25, 0.3) is 5.91 Å². The van der Waals surface area contributed by atoms with Crippen molar-refractivity contribution in [2.75, 3.05) is 11.9 Å². The summed E-state index contributed by atoms with van der Waals surface area (Å²) in [4.78, 5) is 16.9. The molecule has 6 heteroatoms. The van der Waals surface area contributed by atoms with Gasteiger partial charge in [-0.15, -0.1) is 22.7 Å². The standard InChI is InChI=1S/C17H21N3OS2/c1-9(2)20-6-4-11-12(8-20)23-17-13(11)16(21)18-15(19-17)14-10(3)5-7-22-14/h5,7,9,15,19H,4,6,8H2,1-3H3,(H,18,21)/p+1/t15-/m0/s1. The molecule has 4 rings (SSSR count). The van der Waals surface area contributed by atoms with E-state index in [1.807, 2.05) is 0 Å². The van der Waals surface area contributed by atoms with Crippen LogP contribution < -0.4 is 15.5 Å². The van der Waals surface area contributed by atoms with E-state index in [2.05, 4.69) is 42.9 Å². The molecule has 3 N–H and O–H groups in total. The number of amides is 1. The zero-order chi connectivity index (χ0) is 16.1. The quantitative estimate of drug-likeness (QED) is 0.780. The van der Waals surface area contributed by atoms with Crippen LogP contribution in [0.15, 0.2) is 11.4 Å². The van der Waals surface area contributed by atoms with Crippen LogP contribution in [-0.4, -0.2) is 18.5 Å². The van der Waals surface area contributed by atoms with Crippen molar-refractivity contribution in [3.8, 4) is 0 Å². The Morgan fingerprint density at radius 3 is 2.87 bits per heavy atom. The van der Waals surface area contributed by atoms with Crippen LogP contribution in [0.1, 0.15) is 51.3 Å². The molecule has 2 aromatic heterocycles. The number of thiophene rings is 2.